The summed E-state index contributed by atoms with van der Waals surface area (Å²) in [6.45, 7) is 5.57. The molecule has 0 radical (unpaired) electrons. The Balaban J connectivity index is 2.75. The van der Waals surface area contributed by atoms with E-state index in [0.717, 1.165) is 25.7 Å². The zero-order chi connectivity index (χ0) is 10.8. The summed E-state index contributed by atoms with van der Waals surface area (Å²) < 4.78 is 22.9. The van der Waals surface area contributed by atoms with Gasteiger partial charge in [0.25, 0.3) is 0 Å². The van der Waals surface area contributed by atoms with Gasteiger partial charge in [-0.05, 0) is 31.1 Å². The quantitative estimate of drug-likeness (QED) is 0.712. The largest absolute Gasteiger partial charge is 0.228 e. The number of hydrogen-bond acceptors (Lipinski definition) is 2. The molecule has 1 rings (SSSR count). The van der Waals surface area contributed by atoms with E-state index in [4.69, 9.17) is 5.14 Å². The molecule has 0 bridgehead atoms. The Hall–Kier alpha value is -0.350. The van der Waals surface area contributed by atoms with Gasteiger partial charge in [0.15, 0.2) is 0 Å². The Bertz CT molecular complexity index is 293. The van der Waals surface area contributed by atoms with Crippen LogP contribution >= 0.6 is 0 Å². The van der Waals surface area contributed by atoms with Gasteiger partial charge < -0.3 is 0 Å². The second-order valence-corrected chi connectivity index (χ2v) is 5.97. The summed E-state index contributed by atoms with van der Waals surface area (Å²) in [6.07, 6.45) is 5.63. The highest BCUT2D eigenvalue weighted by Crippen LogP contribution is 2.36. The van der Waals surface area contributed by atoms with Crippen LogP contribution in [-0.2, 0) is 10.0 Å². The molecule has 0 spiro atoms. The van der Waals surface area contributed by atoms with Crippen LogP contribution < -0.4 is 5.14 Å². The van der Waals surface area contributed by atoms with E-state index in [1.807, 2.05) is 6.92 Å². The lowest BCUT2D eigenvalue weighted by atomic mass is 9.78. The highest BCUT2D eigenvalue weighted by atomic mass is 32.2. The second kappa shape index (κ2) is 4.45. The van der Waals surface area contributed by atoms with Gasteiger partial charge in [-0.1, -0.05) is 19.4 Å². The van der Waals surface area contributed by atoms with Crippen molar-refractivity contribution in [1.29, 1.82) is 0 Å². The summed E-state index contributed by atoms with van der Waals surface area (Å²) in [6, 6.07) is 0. The maximum Gasteiger partial charge on any atom is 0.212 e. The fourth-order valence-electron chi connectivity index (χ4n) is 2.22. The van der Waals surface area contributed by atoms with Crippen molar-refractivity contribution in [1.82, 2.24) is 0 Å². The molecule has 0 heterocycles. The molecule has 2 N–H and O–H groups in total. The van der Waals surface area contributed by atoms with Gasteiger partial charge in [-0.2, -0.15) is 0 Å². The first-order valence-electron chi connectivity index (χ1n) is 5.09. The fraction of sp³-hybridized carbons (Fsp3) is 0.800. The summed E-state index contributed by atoms with van der Waals surface area (Å²) in [5, 5.41) is 4.89. The van der Waals surface area contributed by atoms with Gasteiger partial charge in [0.1, 0.15) is 0 Å². The van der Waals surface area contributed by atoms with Gasteiger partial charge in [0.05, 0.1) is 5.25 Å². The number of allylic oxidation sites excluding steroid dienone is 1. The molecular formula is C10H19NO2S. The smallest absolute Gasteiger partial charge is 0.212 e. The van der Waals surface area contributed by atoms with Crippen LogP contribution in [0.4, 0.5) is 0 Å². The third-order valence-electron chi connectivity index (χ3n) is 3.09. The van der Waals surface area contributed by atoms with Crippen molar-refractivity contribution in [3.63, 3.8) is 0 Å². The predicted molar refractivity (Wildman–Crippen MR) is 58.2 cm³/mol. The molecule has 82 valence electrons. The molecule has 0 saturated heterocycles. The van der Waals surface area contributed by atoms with Crippen LogP contribution in [0, 0.1) is 11.8 Å². The van der Waals surface area contributed by atoms with E-state index < -0.39 is 10.0 Å². The van der Waals surface area contributed by atoms with Crippen molar-refractivity contribution in [3.8, 4) is 0 Å². The molecule has 4 heteroatoms. The number of sulfonamides is 1. The van der Waals surface area contributed by atoms with Crippen LogP contribution in [0.5, 0.6) is 0 Å². The van der Waals surface area contributed by atoms with Gasteiger partial charge in [0.2, 0.25) is 10.0 Å². The minimum Gasteiger partial charge on any atom is -0.228 e. The molecule has 0 aromatic heterocycles. The third kappa shape index (κ3) is 2.58. The topological polar surface area (TPSA) is 60.2 Å². The molecule has 0 unspecified atom stereocenters. The van der Waals surface area contributed by atoms with Crippen molar-refractivity contribution in [2.75, 3.05) is 0 Å². The summed E-state index contributed by atoms with van der Waals surface area (Å²) in [7, 11) is -3.39. The van der Waals surface area contributed by atoms with Gasteiger partial charge in [-0.25, -0.2) is 13.6 Å². The standard InChI is InChI=1S/C10H19NO2S/c1-3-5-8(2)10(14(11,12)13)9-6-4-7-9/h3,8-10H,1,4-7H2,2H3,(H2,11,12,13)/t8-,10-/m1/s1. The Labute approximate surface area is 86.4 Å². The first-order valence-corrected chi connectivity index (χ1v) is 6.70. The van der Waals surface area contributed by atoms with Crippen molar-refractivity contribution < 1.29 is 8.42 Å². The van der Waals surface area contributed by atoms with E-state index in [1.165, 1.54) is 0 Å². The van der Waals surface area contributed by atoms with Crippen molar-refractivity contribution in [2.24, 2.45) is 17.0 Å². The fourth-order valence-corrected chi connectivity index (χ4v) is 3.79. The van der Waals surface area contributed by atoms with E-state index in [0.29, 0.717) is 0 Å². The molecule has 2 atom stereocenters. The van der Waals surface area contributed by atoms with E-state index in [2.05, 4.69) is 6.58 Å². The van der Waals surface area contributed by atoms with Crippen LogP contribution in [0.25, 0.3) is 0 Å². The zero-order valence-electron chi connectivity index (χ0n) is 8.65. The summed E-state index contributed by atoms with van der Waals surface area (Å²) in [5.41, 5.74) is 0. The maximum atomic E-state index is 11.4. The number of nitrogens with two attached hydrogens (primary N) is 1. The molecule has 1 saturated carbocycles. The highest BCUT2D eigenvalue weighted by molar-refractivity contribution is 7.89. The van der Waals surface area contributed by atoms with E-state index >= 15 is 0 Å². The molecule has 3 nitrogen and oxygen atoms in total. The van der Waals surface area contributed by atoms with Gasteiger partial charge in [-0.3, -0.25) is 0 Å². The lowest BCUT2D eigenvalue weighted by Gasteiger charge is -2.35. The first kappa shape index (κ1) is 11.7. The molecule has 0 aromatic carbocycles. The van der Waals surface area contributed by atoms with Crippen LogP contribution in [0.15, 0.2) is 12.7 Å². The summed E-state index contributed by atoms with van der Waals surface area (Å²) in [5.74, 6) is 0.368. The van der Waals surface area contributed by atoms with Gasteiger partial charge in [0, 0.05) is 0 Å². The van der Waals surface area contributed by atoms with E-state index in [1.54, 1.807) is 6.08 Å². The average molecular weight is 217 g/mol. The SMILES string of the molecule is C=CC[C@@H](C)[C@H](C1CCC1)S(N)(=O)=O. The highest BCUT2D eigenvalue weighted by Gasteiger charge is 2.37. The maximum absolute atomic E-state index is 11.4. The van der Waals surface area contributed by atoms with Crippen molar-refractivity contribution in [3.05, 3.63) is 12.7 Å². The zero-order valence-corrected chi connectivity index (χ0v) is 9.46. The monoisotopic (exact) mass is 217 g/mol. The molecule has 1 aliphatic carbocycles. The summed E-state index contributed by atoms with van der Waals surface area (Å²) in [4.78, 5) is 0. The lowest BCUT2D eigenvalue weighted by Crippen LogP contribution is -2.42. The van der Waals surface area contributed by atoms with E-state index in [9.17, 15) is 8.42 Å². The van der Waals surface area contributed by atoms with Crippen molar-refractivity contribution >= 4 is 10.0 Å². The minimum atomic E-state index is -3.39. The van der Waals surface area contributed by atoms with Crippen LogP contribution in [0.2, 0.25) is 0 Å². The molecular weight excluding hydrogens is 198 g/mol. The third-order valence-corrected chi connectivity index (χ3v) is 4.70. The number of hydrogen-bond donors (Lipinski definition) is 1. The Morgan fingerprint density at radius 1 is 1.57 bits per heavy atom. The molecule has 14 heavy (non-hydrogen) atoms. The number of primary sulfonamides is 1. The average Bonchev–Trinajstić information content (AvgIpc) is 1.94. The van der Waals surface area contributed by atoms with Gasteiger partial charge in [-0.15, -0.1) is 6.58 Å². The van der Waals surface area contributed by atoms with Crippen LogP contribution in [0.1, 0.15) is 32.6 Å². The number of rotatable bonds is 5. The predicted octanol–water partition coefficient (Wildman–Crippen LogP) is 1.66. The lowest BCUT2D eigenvalue weighted by molar-refractivity contribution is 0.259. The Kier molecular flexibility index (Phi) is 3.72. The molecule has 1 fully saturated rings. The normalized spacial score (nSPS) is 22.4. The second-order valence-electron chi connectivity index (χ2n) is 4.25. The Morgan fingerprint density at radius 2 is 2.14 bits per heavy atom. The molecule has 0 aliphatic heterocycles. The molecule has 0 aromatic rings. The molecule has 0 amide bonds. The summed E-state index contributed by atoms with van der Waals surface area (Å²) >= 11 is 0. The minimum absolute atomic E-state index is 0.0906. The van der Waals surface area contributed by atoms with Crippen molar-refractivity contribution in [2.45, 2.75) is 37.9 Å². The van der Waals surface area contributed by atoms with Gasteiger partial charge >= 0.3 is 0 Å². The first-order chi connectivity index (χ1) is 6.46. The Morgan fingerprint density at radius 3 is 2.43 bits per heavy atom. The van der Waals surface area contributed by atoms with Crippen LogP contribution in [-0.4, -0.2) is 13.7 Å². The molecule has 1 aliphatic rings. The van der Waals surface area contributed by atoms with E-state index in [-0.39, 0.29) is 17.1 Å². The van der Waals surface area contributed by atoms with Crippen LogP contribution in [0.3, 0.4) is 0 Å².